The van der Waals surface area contributed by atoms with Crippen molar-refractivity contribution < 1.29 is 23.0 Å². The van der Waals surface area contributed by atoms with Crippen molar-refractivity contribution in [3.8, 4) is 5.75 Å². The summed E-state index contributed by atoms with van der Waals surface area (Å²) in [4.78, 5) is 0. The van der Waals surface area contributed by atoms with Crippen LogP contribution >= 0.6 is 0 Å². The van der Waals surface area contributed by atoms with E-state index in [2.05, 4.69) is 4.74 Å². The SMILES string of the molecule is CC/C(=C/c1cccc(OC(F)(F)F)c1)CO. The lowest BCUT2D eigenvalue weighted by Gasteiger charge is -2.09. The molecule has 1 rings (SSSR count). The molecule has 0 unspecified atom stereocenters. The van der Waals surface area contributed by atoms with Gasteiger partial charge >= 0.3 is 6.36 Å². The smallest absolute Gasteiger partial charge is 0.406 e. The third-order valence-electron chi connectivity index (χ3n) is 2.12. The summed E-state index contributed by atoms with van der Waals surface area (Å²) in [6.07, 6.45) is -2.41. The Balaban J connectivity index is 2.90. The van der Waals surface area contributed by atoms with Crippen molar-refractivity contribution in [1.29, 1.82) is 0 Å². The lowest BCUT2D eigenvalue weighted by atomic mass is 10.1. The number of hydrogen-bond donors (Lipinski definition) is 1. The number of aliphatic hydroxyl groups excluding tert-OH is 1. The lowest BCUT2D eigenvalue weighted by molar-refractivity contribution is -0.274. The van der Waals surface area contributed by atoms with Crippen molar-refractivity contribution in [2.45, 2.75) is 19.7 Å². The summed E-state index contributed by atoms with van der Waals surface area (Å²) in [5.41, 5.74) is 1.31. The molecule has 0 saturated heterocycles. The van der Waals surface area contributed by atoms with E-state index >= 15 is 0 Å². The fraction of sp³-hybridized carbons (Fsp3) is 0.333. The van der Waals surface area contributed by atoms with Gasteiger partial charge in [0.2, 0.25) is 0 Å². The summed E-state index contributed by atoms with van der Waals surface area (Å²) in [7, 11) is 0. The topological polar surface area (TPSA) is 29.5 Å². The van der Waals surface area contributed by atoms with E-state index in [9.17, 15) is 13.2 Å². The lowest BCUT2D eigenvalue weighted by Crippen LogP contribution is -2.17. The van der Waals surface area contributed by atoms with E-state index in [1.165, 1.54) is 18.2 Å². The molecule has 0 aliphatic rings. The van der Waals surface area contributed by atoms with Crippen LogP contribution in [0.25, 0.3) is 6.08 Å². The summed E-state index contributed by atoms with van der Waals surface area (Å²) < 4.78 is 39.8. The van der Waals surface area contributed by atoms with Gasteiger partial charge in [-0.2, -0.15) is 0 Å². The summed E-state index contributed by atoms with van der Waals surface area (Å²) in [6.45, 7) is 1.75. The molecular weight excluding hydrogens is 233 g/mol. The van der Waals surface area contributed by atoms with E-state index < -0.39 is 6.36 Å². The molecule has 0 aromatic heterocycles. The van der Waals surface area contributed by atoms with E-state index in [1.807, 2.05) is 6.92 Å². The van der Waals surface area contributed by atoms with Gasteiger partial charge in [0.25, 0.3) is 0 Å². The van der Waals surface area contributed by atoms with E-state index in [1.54, 1.807) is 12.1 Å². The van der Waals surface area contributed by atoms with E-state index in [-0.39, 0.29) is 12.4 Å². The van der Waals surface area contributed by atoms with Crippen LogP contribution in [0.4, 0.5) is 13.2 Å². The largest absolute Gasteiger partial charge is 0.573 e. The first-order chi connectivity index (χ1) is 7.94. The molecule has 0 radical (unpaired) electrons. The van der Waals surface area contributed by atoms with Crippen LogP contribution in [0, 0.1) is 0 Å². The van der Waals surface area contributed by atoms with Gasteiger partial charge in [0.1, 0.15) is 5.75 Å². The first kappa shape index (κ1) is 13.6. The Kier molecular flexibility index (Phi) is 4.57. The molecule has 0 spiro atoms. The van der Waals surface area contributed by atoms with Crippen molar-refractivity contribution in [3.63, 3.8) is 0 Å². The number of alkyl halides is 3. The standard InChI is InChI=1S/C12H13F3O2/c1-2-9(8-16)6-10-4-3-5-11(7-10)17-12(13,14)15/h3-7,16H,2,8H2,1H3/b9-6-. The first-order valence-electron chi connectivity index (χ1n) is 5.10. The third-order valence-corrected chi connectivity index (χ3v) is 2.12. The van der Waals surface area contributed by atoms with Gasteiger partial charge in [0.15, 0.2) is 0 Å². The van der Waals surface area contributed by atoms with Crippen LogP contribution in [0.3, 0.4) is 0 Å². The quantitative estimate of drug-likeness (QED) is 0.882. The number of benzene rings is 1. The van der Waals surface area contributed by atoms with Crippen molar-refractivity contribution in [2.24, 2.45) is 0 Å². The molecule has 0 aliphatic heterocycles. The average Bonchev–Trinajstić information content (AvgIpc) is 2.24. The van der Waals surface area contributed by atoms with E-state index in [0.29, 0.717) is 12.0 Å². The monoisotopic (exact) mass is 246 g/mol. The predicted molar refractivity (Wildman–Crippen MR) is 58.5 cm³/mol. The minimum absolute atomic E-state index is 0.110. The minimum Gasteiger partial charge on any atom is -0.406 e. The van der Waals surface area contributed by atoms with Crippen molar-refractivity contribution in [1.82, 2.24) is 0 Å². The Labute approximate surface area is 97.3 Å². The predicted octanol–water partition coefficient (Wildman–Crippen LogP) is 3.37. The number of aliphatic hydroxyl groups is 1. The Morgan fingerprint density at radius 3 is 2.65 bits per heavy atom. The Bertz CT molecular complexity index is 391. The third kappa shape index (κ3) is 4.91. The fourth-order valence-corrected chi connectivity index (χ4v) is 1.30. The van der Waals surface area contributed by atoms with Gasteiger partial charge < -0.3 is 9.84 Å². The number of ether oxygens (including phenoxy) is 1. The molecule has 1 aromatic rings. The Hall–Kier alpha value is -1.49. The summed E-state index contributed by atoms with van der Waals surface area (Å²) >= 11 is 0. The van der Waals surface area contributed by atoms with Crippen molar-refractivity contribution in [3.05, 3.63) is 35.4 Å². The Morgan fingerprint density at radius 2 is 2.12 bits per heavy atom. The van der Waals surface area contributed by atoms with Gasteiger partial charge in [-0.1, -0.05) is 25.1 Å². The molecule has 1 N–H and O–H groups in total. The number of halogens is 3. The fourth-order valence-electron chi connectivity index (χ4n) is 1.30. The Morgan fingerprint density at radius 1 is 1.41 bits per heavy atom. The molecule has 0 amide bonds. The van der Waals surface area contributed by atoms with E-state index in [4.69, 9.17) is 5.11 Å². The molecule has 0 heterocycles. The van der Waals surface area contributed by atoms with Crippen LogP contribution in [0.15, 0.2) is 29.8 Å². The number of hydrogen-bond acceptors (Lipinski definition) is 2. The zero-order valence-corrected chi connectivity index (χ0v) is 9.29. The maximum atomic E-state index is 12.0. The van der Waals surface area contributed by atoms with Crippen LogP contribution in [0.2, 0.25) is 0 Å². The molecule has 0 atom stereocenters. The molecular formula is C12H13F3O2. The molecule has 94 valence electrons. The second kappa shape index (κ2) is 5.72. The van der Waals surface area contributed by atoms with Gasteiger partial charge in [-0.25, -0.2) is 0 Å². The van der Waals surface area contributed by atoms with Gasteiger partial charge in [-0.15, -0.1) is 13.2 Å². The highest BCUT2D eigenvalue weighted by molar-refractivity contribution is 5.55. The van der Waals surface area contributed by atoms with Crippen molar-refractivity contribution >= 4 is 6.08 Å². The van der Waals surface area contributed by atoms with Gasteiger partial charge in [0, 0.05) is 0 Å². The van der Waals surface area contributed by atoms with Crippen LogP contribution in [-0.2, 0) is 0 Å². The highest BCUT2D eigenvalue weighted by Crippen LogP contribution is 2.24. The average molecular weight is 246 g/mol. The molecule has 0 saturated carbocycles. The maximum Gasteiger partial charge on any atom is 0.573 e. The zero-order valence-electron chi connectivity index (χ0n) is 9.29. The molecule has 2 nitrogen and oxygen atoms in total. The zero-order chi connectivity index (χ0) is 12.9. The van der Waals surface area contributed by atoms with Crippen LogP contribution in [-0.4, -0.2) is 18.1 Å². The first-order valence-corrected chi connectivity index (χ1v) is 5.10. The summed E-state index contributed by atoms with van der Waals surface area (Å²) in [5.74, 6) is -0.264. The summed E-state index contributed by atoms with van der Waals surface area (Å²) in [5, 5.41) is 8.96. The van der Waals surface area contributed by atoms with Gasteiger partial charge in [-0.3, -0.25) is 0 Å². The van der Waals surface area contributed by atoms with Crippen molar-refractivity contribution in [2.75, 3.05) is 6.61 Å². The normalized spacial score (nSPS) is 12.6. The van der Waals surface area contributed by atoms with Crippen LogP contribution in [0.5, 0.6) is 5.75 Å². The molecule has 17 heavy (non-hydrogen) atoms. The second-order valence-corrected chi connectivity index (χ2v) is 3.43. The molecule has 5 heteroatoms. The molecule has 0 bridgehead atoms. The van der Waals surface area contributed by atoms with Crippen LogP contribution < -0.4 is 4.74 Å². The van der Waals surface area contributed by atoms with Gasteiger partial charge in [0.05, 0.1) is 6.61 Å². The minimum atomic E-state index is -4.69. The molecule has 1 aromatic carbocycles. The second-order valence-electron chi connectivity index (χ2n) is 3.43. The maximum absolute atomic E-state index is 12.0. The molecule has 0 aliphatic carbocycles. The molecule has 0 fully saturated rings. The van der Waals surface area contributed by atoms with Gasteiger partial charge in [-0.05, 0) is 29.7 Å². The highest BCUT2D eigenvalue weighted by atomic mass is 19.4. The summed E-state index contributed by atoms with van der Waals surface area (Å²) in [6, 6.07) is 5.63. The van der Waals surface area contributed by atoms with Crippen LogP contribution in [0.1, 0.15) is 18.9 Å². The highest BCUT2D eigenvalue weighted by Gasteiger charge is 2.30. The number of rotatable bonds is 4. The van der Waals surface area contributed by atoms with E-state index in [0.717, 1.165) is 5.57 Å².